The van der Waals surface area contributed by atoms with E-state index in [9.17, 15) is 13.2 Å². The van der Waals surface area contributed by atoms with Crippen molar-refractivity contribution < 1.29 is 13.2 Å². The van der Waals surface area contributed by atoms with Gasteiger partial charge in [-0.25, -0.2) is 8.42 Å². The van der Waals surface area contributed by atoms with Crippen LogP contribution in [0.15, 0.2) is 17.0 Å². The number of carbonyl (C=O) groups excluding carboxylic acids is 1. The van der Waals surface area contributed by atoms with E-state index in [1.54, 1.807) is 0 Å². The number of benzene rings is 1. The maximum Gasteiger partial charge on any atom is 0.262 e. The van der Waals surface area contributed by atoms with Crippen LogP contribution in [0.4, 0.5) is 0 Å². The fourth-order valence-corrected chi connectivity index (χ4v) is 3.70. The molecule has 0 saturated carbocycles. The monoisotopic (exact) mass is 371 g/mol. The minimum absolute atomic E-state index is 0.0446. The van der Waals surface area contributed by atoms with Crippen LogP contribution < -0.4 is 5.32 Å². The van der Waals surface area contributed by atoms with Crippen LogP contribution in [0.5, 0.6) is 0 Å². The lowest BCUT2D eigenvalue weighted by Gasteiger charge is -2.26. The van der Waals surface area contributed by atoms with E-state index in [1.165, 1.54) is 6.07 Å². The first-order valence-corrected chi connectivity index (χ1v) is 9.30. The number of halogens is 3. The van der Waals surface area contributed by atoms with Gasteiger partial charge in [0.25, 0.3) is 15.0 Å². The van der Waals surface area contributed by atoms with Gasteiger partial charge in [-0.3, -0.25) is 4.79 Å². The summed E-state index contributed by atoms with van der Waals surface area (Å²) in [6, 6.07) is 2.43. The van der Waals surface area contributed by atoms with Crippen molar-refractivity contribution >= 4 is 48.8 Å². The van der Waals surface area contributed by atoms with Gasteiger partial charge >= 0.3 is 0 Å². The van der Waals surface area contributed by atoms with E-state index in [0.717, 1.165) is 18.9 Å². The van der Waals surface area contributed by atoms with Crippen LogP contribution in [-0.2, 0) is 9.05 Å². The minimum atomic E-state index is -4.09. The second kappa shape index (κ2) is 6.73. The Balaban J connectivity index is 3.21. The van der Waals surface area contributed by atoms with Gasteiger partial charge in [0.15, 0.2) is 0 Å². The third kappa shape index (κ3) is 5.02. The van der Waals surface area contributed by atoms with E-state index in [0.29, 0.717) is 0 Å². The summed E-state index contributed by atoms with van der Waals surface area (Å²) in [4.78, 5) is 11.8. The van der Waals surface area contributed by atoms with Crippen LogP contribution in [0, 0.1) is 0 Å². The first kappa shape index (κ1) is 18.6. The molecular weight excluding hydrogens is 357 g/mol. The van der Waals surface area contributed by atoms with Crippen LogP contribution in [0.3, 0.4) is 0 Å². The molecule has 21 heavy (non-hydrogen) atoms. The lowest BCUT2D eigenvalue weighted by atomic mass is 9.98. The van der Waals surface area contributed by atoms with Gasteiger partial charge in [-0.1, -0.05) is 36.5 Å². The molecule has 0 atom stereocenters. The molecule has 1 aromatic carbocycles. The van der Waals surface area contributed by atoms with E-state index in [-0.39, 0.29) is 20.5 Å². The molecular formula is C13H16Cl3NO3S. The molecule has 8 heteroatoms. The van der Waals surface area contributed by atoms with Gasteiger partial charge in [0, 0.05) is 21.8 Å². The van der Waals surface area contributed by atoms with Crippen molar-refractivity contribution in [2.24, 2.45) is 0 Å². The quantitative estimate of drug-likeness (QED) is 0.787. The molecule has 0 aliphatic heterocycles. The molecule has 1 amide bonds. The molecule has 0 spiro atoms. The van der Waals surface area contributed by atoms with Crippen molar-refractivity contribution in [1.29, 1.82) is 0 Å². The van der Waals surface area contributed by atoms with Crippen LogP contribution >= 0.6 is 33.9 Å². The second-order valence-corrected chi connectivity index (χ2v) is 8.62. The van der Waals surface area contributed by atoms with Gasteiger partial charge < -0.3 is 5.32 Å². The van der Waals surface area contributed by atoms with E-state index < -0.39 is 20.5 Å². The summed E-state index contributed by atoms with van der Waals surface area (Å²) in [5.74, 6) is -0.436. The van der Waals surface area contributed by atoms with Crippen LogP contribution in [0.1, 0.15) is 44.0 Å². The molecule has 118 valence electrons. The van der Waals surface area contributed by atoms with Crippen LogP contribution in [-0.4, -0.2) is 19.9 Å². The Bertz CT molecular complexity index is 657. The van der Waals surface area contributed by atoms with Crippen LogP contribution in [0.2, 0.25) is 10.0 Å². The minimum Gasteiger partial charge on any atom is -0.347 e. The molecule has 0 bridgehead atoms. The topological polar surface area (TPSA) is 63.2 Å². The summed E-state index contributed by atoms with van der Waals surface area (Å²) >= 11 is 11.7. The molecule has 0 unspecified atom stereocenters. The highest BCUT2D eigenvalue weighted by Crippen LogP contribution is 2.33. The highest BCUT2D eigenvalue weighted by molar-refractivity contribution is 8.13. The van der Waals surface area contributed by atoms with Crippen LogP contribution in [0.25, 0.3) is 0 Å². The van der Waals surface area contributed by atoms with Gasteiger partial charge in [0.2, 0.25) is 0 Å². The molecule has 0 radical (unpaired) electrons. The lowest BCUT2D eigenvalue weighted by Crippen LogP contribution is -2.43. The predicted molar refractivity (Wildman–Crippen MR) is 86.0 cm³/mol. The summed E-state index contributed by atoms with van der Waals surface area (Å²) in [5.41, 5.74) is -0.328. The SMILES string of the molecule is CCCC(C)(C)NC(=O)c1cc(Cl)c(Cl)c(S(=O)(=O)Cl)c1. The smallest absolute Gasteiger partial charge is 0.262 e. The molecule has 4 nitrogen and oxygen atoms in total. The molecule has 0 aliphatic rings. The molecule has 1 aromatic rings. The van der Waals surface area contributed by atoms with Gasteiger partial charge in [0.05, 0.1) is 10.0 Å². The van der Waals surface area contributed by atoms with Crippen molar-refractivity contribution in [1.82, 2.24) is 5.32 Å². The van der Waals surface area contributed by atoms with Gasteiger partial charge in [-0.15, -0.1) is 0 Å². The number of rotatable bonds is 5. The maximum absolute atomic E-state index is 12.2. The number of amides is 1. The zero-order valence-corrected chi connectivity index (χ0v) is 14.9. The van der Waals surface area contributed by atoms with Crippen molar-refractivity contribution in [3.05, 3.63) is 27.7 Å². The Morgan fingerprint density at radius 3 is 2.33 bits per heavy atom. The molecule has 0 fully saturated rings. The summed E-state index contributed by atoms with van der Waals surface area (Å²) in [6.45, 7) is 5.77. The third-order valence-corrected chi connectivity index (χ3v) is 5.11. The molecule has 0 aliphatic carbocycles. The molecule has 1 N–H and O–H groups in total. The highest BCUT2D eigenvalue weighted by Gasteiger charge is 2.24. The fourth-order valence-electron chi connectivity index (χ4n) is 1.94. The largest absolute Gasteiger partial charge is 0.347 e. The standard InChI is InChI=1S/C13H16Cl3NO3S/c1-4-5-13(2,3)17-12(18)8-6-9(14)11(15)10(7-8)21(16,19)20/h6-7H,4-5H2,1-3H3,(H,17,18). The second-order valence-electron chi connectivity index (χ2n) is 5.30. The third-order valence-electron chi connectivity index (χ3n) is 2.85. The fraction of sp³-hybridized carbons (Fsp3) is 0.462. The van der Waals surface area contributed by atoms with Crippen molar-refractivity contribution in [2.45, 2.75) is 44.0 Å². The molecule has 1 rings (SSSR count). The first-order chi connectivity index (χ1) is 9.48. The summed E-state index contributed by atoms with van der Waals surface area (Å²) < 4.78 is 22.9. The lowest BCUT2D eigenvalue weighted by molar-refractivity contribution is 0.0909. The number of hydrogen-bond donors (Lipinski definition) is 1. The Kier molecular flexibility index (Phi) is 5.95. The molecule has 0 aromatic heterocycles. The number of carbonyl (C=O) groups is 1. The summed E-state index contributed by atoms with van der Waals surface area (Å²) in [5, 5.41) is 2.58. The normalized spacial score (nSPS) is 12.3. The Labute approximate surface area is 139 Å². The zero-order valence-electron chi connectivity index (χ0n) is 11.8. The maximum atomic E-state index is 12.2. The van der Waals surface area contributed by atoms with E-state index in [1.807, 2.05) is 20.8 Å². The Morgan fingerprint density at radius 1 is 1.29 bits per heavy atom. The van der Waals surface area contributed by atoms with Crippen molar-refractivity contribution in [2.75, 3.05) is 0 Å². The predicted octanol–water partition coefficient (Wildman–Crippen LogP) is 4.23. The number of hydrogen-bond acceptors (Lipinski definition) is 3. The van der Waals surface area contributed by atoms with Crippen molar-refractivity contribution in [3.63, 3.8) is 0 Å². The van der Waals surface area contributed by atoms with Gasteiger partial charge in [-0.2, -0.15) is 0 Å². The Hall–Kier alpha value is -0.490. The summed E-state index contributed by atoms with van der Waals surface area (Å²) in [7, 11) is 1.20. The van der Waals surface area contributed by atoms with Crippen molar-refractivity contribution in [3.8, 4) is 0 Å². The number of nitrogens with one attached hydrogen (secondary N) is 1. The molecule has 0 saturated heterocycles. The Morgan fingerprint density at radius 2 is 1.86 bits per heavy atom. The molecule has 0 heterocycles. The average Bonchev–Trinajstić information content (AvgIpc) is 2.29. The van der Waals surface area contributed by atoms with Gasteiger partial charge in [-0.05, 0) is 32.4 Å². The van der Waals surface area contributed by atoms with E-state index in [2.05, 4.69) is 5.32 Å². The van der Waals surface area contributed by atoms with E-state index >= 15 is 0 Å². The summed E-state index contributed by atoms with van der Waals surface area (Å²) in [6.07, 6.45) is 1.68. The highest BCUT2D eigenvalue weighted by atomic mass is 35.7. The zero-order chi connectivity index (χ0) is 16.4. The average molecular weight is 373 g/mol. The van der Waals surface area contributed by atoms with E-state index in [4.69, 9.17) is 33.9 Å². The first-order valence-electron chi connectivity index (χ1n) is 6.24. The van der Waals surface area contributed by atoms with Gasteiger partial charge in [0.1, 0.15) is 4.90 Å².